The smallest absolute Gasteiger partial charge is 0.337 e. The van der Waals surface area contributed by atoms with E-state index in [9.17, 15) is 9.59 Å². The molecule has 0 radical (unpaired) electrons. The van der Waals surface area contributed by atoms with E-state index in [0.717, 1.165) is 11.3 Å². The van der Waals surface area contributed by atoms with Gasteiger partial charge in [-0.15, -0.1) is 0 Å². The van der Waals surface area contributed by atoms with Gasteiger partial charge in [0, 0.05) is 6.20 Å². The molecule has 0 spiro atoms. The molecule has 0 aliphatic rings. The summed E-state index contributed by atoms with van der Waals surface area (Å²) in [7, 11) is 2.92. The molecule has 0 aliphatic carbocycles. The average molecular weight is 407 g/mol. The number of nitrogens with zero attached hydrogens (tertiary/aromatic N) is 1. The van der Waals surface area contributed by atoms with Gasteiger partial charge in [0.2, 0.25) is 0 Å². The van der Waals surface area contributed by atoms with Crippen LogP contribution in [-0.2, 0) is 18.0 Å². The first-order chi connectivity index (χ1) is 14.6. The quantitative estimate of drug-likeness (QED) is 0.393. The number of hydrogen-bond donors (Lipinski definition) is 0. The number of rotatable bonds is 9. The molecule has 3 rings (SSSR count). The van der Waals surface area contributed by atoms with Crippen molar-refractivity contribution in [2.75, 3.05) is 14.2 Å². The van der Waals surface area contributed by atoms with Crippen LogP contribution in [0.2, 0.25) is 0 Å². The first-order valence-electron chi connectivity index (χ1n) is 9.14. The van der Waals surface area contributed by atoms with Crippen LogP contribution in [0.25, 0.3) is 0 Å². The molecule has 1 aromatic heterocycles. The minimum absolute atomic E-state index is 0.0770. The highest BCUT2D eigenvalue weighted by Crippen LogP contribution is 2.28. The summed E-state index contributed by atoms with van der Waals surface area (Å²) < 4.78 is 21.4. The van der Waals surface area contributed by atoms with Gasteiger partial charge in [-0.2, -0.15) is 0 Å². The summed E-state index contributed by atoms with van der Waals surface area (Å²) in [6.07, 6.45) is 2.19. The molecule has 0 saturated carbocycles. The highest BCUT2D eigenvalue weighted by Gasteiger charge is 2.12. The number of aldehydes is 1. The molecular formula is C23H21NO6. The van der Waals surface area contributed by atoms with Crippen LogP contribution in [0.3, 0.4) is 0 Å². The molecule has 1 heterocycles. The number of aromatic nitrogens is 1. The Hall–Kier alpha value is -3.87. The molecule has 2 aromatic carbocycles. The highest BCUT2D eigenvalue weighted by molar-refractivity contribution is 5.89. The Morgan fingerprint density at radius 3 is 2.30 bits per heavy atom. The standard InChI is InChI=1S/C23H21NO6/c1-27-19-8-6-16(7-9-19)14-29-21-4-3-5-22(20(21)13-25)30-15-18-12-17(10-11-24-18)23(26)28-2/h3-13H,14-15H2,1-2H3. The van der Waals surface area contributed by atoms with Crippen molar-refractivity contribution in [1.29, 1.82) is 0 Å². The molecule has 30 heavy (non-hydrogen) atoms. The molecule has 0 bridgehead atoms. The number of pyridine rings is 1. The van der Waals surface area contributed by atoms with Crippen LogP contribution >= 0.6 is 0 Å². The summed E-state index contributed by atoms with van der Waals surface area (Å²) >= 11 is 0. The van der Waals surface area contributed by atoms with E-state index < -0.39 is 5.97 Å². The summed E-state index contributed by atoms with van der Waals surface area (Å²) in [5.74, 6) is 1.07. The van der Waals surface area contributed by atoms with Gasteiger partial charge in [-0.25, -0.2) is 4.79 Å². The molecule has 7 heteroatoms. The Morgan fingerprint density at radius 1 is 0.967 bits per heavy atom. The number of esters is 1. The van der Waals surface area contributed by atoms with Gasteiger partial charge < -0.3 is 18.9 Å². The molecule has 0 aliphatic heterocycles. The van der Waals surface area contributed by atoms with E-state index in [0.29, 0.717) is 34.6 Å². The predicted molar refractivity (Wildman–Crippen MR) is 109 cm³/mol. The molecule has 0 unspecified atom stereocenters. The molecule has 0 fully saturated rings. The molecule has 154 valence electrons. The molecular weight excluding hydrogens is 386 g/mol. The van der Waals surface area contributed by atoms with Gasteiger partial charge in [-0.1, -0.05) is 18.2 Å². The van der Waals surface area contributed by atoms with Gasteiger partial charge in [-0.3, -0.25) is 9.78 Å². The normalized spacial score (nSPS) is 10.2. The Labute approximate surface area is 174 Å². The van der Waals surface area contributed by atoms with Crippen molar-refractivity contribution in [2.24, 2.45) is 0 Å². The maximum atomic E-state index is 11.7. The molecule has 0 N–H and O–H groups in total. The zero-order valence-electron chi connectivity index (χ0n) is 16.7. The van der Waals surface area contributed by atoms with E-state index in [1.54, 1.807) is 37.4 Å². The Balaban J connectivity index is 1.70. The predicted octanol–water partition coefficient (Wildman–Crippen LogP) is 3.85. The molecule has 0 amide bonds. The lowest BCUT2D eigenvalue weighted by Crippen LogP contribution is -2.06. The summed E-state index contributed by atoms with van der Waals surface area (Å²) in [5, 5.41) is 0. The molecule has 0 saturated heterocycles. The topological polar surface area (TPSA) is 84.0 Å². The lowest BCUT2D eigenvalue weighted by molar-refractivity contribution is 0.0600. The first kappa shape index (κ1) is 20.9. The van der Waals surface area contributed by atoms with Crippen LogP contribution in [-0.4, -0.2) is 31.5 Å². The van der Waals surface area contributed by atoms with Crippen molar-refractivity contribution in [3.63, 3.8) is 0 Å². The monoisotopic (exact) mass is 407 g/mol. The van der Waals surface area contributed by atoms with E-state index in [1.807, 2.05) is 24.3 Å². The van der Waals surface area contributed by atoms with E-state index in [2.05, 4.69) is 4.98 Å². The summed E-state index contributed by atoms with van der Waals surface area (Å²) in [4.78, 5) is 27.5. The number of benzene rings is 2. The number of hydrogen-bond acceptors (Lipinski definition) is 7. The lowest BCUT2D eigenvalue weighted by Gasteiger charge is -2.13. The molecule has 0 atom stereocenters. The number of methoxy groups -OCH3 is 2. The summed E-state index contributed by atoms with van der Waals surface area (Å²) in [6, 6.07) is 15.7. The van der Waals surface area contributed by atoms with Crippen molar-refractivity contribution in [3.8, 4) is 17.2 Å². The molecule has 3 aromatic rings. The second kappa shape index (κ2) is 10.1. The van der Waals surface area contributed by atoms with Crippen molar-refractivity contribution in [1.82, 2.24) is 4.98 Å². The van der Waals surface area contributed by atoms with E-state index >= 15 is 0 Å². The second-order valence-electron chi connectivity index (χ2n) is 6.24. The van der Waals surface area contributed by atoms with Crippen molar-refractivity contribution < 1.29 is 28.5 Å². The van der Waals surface area contributed by atoms with Crippen LogP contribution in [0.5, 0.6) is 17.2 Å². The van der Waals surface area contributed by atoms with Crippen LogP contribution < -0.4 is 14.2 Å². The third-order valence-corrected chi connectivity index (χ3v) is 4.31. The van der Waals surface area contributed by atoms with Crippen molar-refractivity contribution >= 4 is 12.3 Å². The average Bonchev–Trinajstić information content (AvgIpc) is 2.81. The third kappa shape index (κ3) is 5.14. The Kier molecular flexibility index (Phi) is 7.00. The van der Waals surface area contributed by atoms with Crippen LogP contribution in [0, 0.1) is 0 Å². The number of carbonyl (C=O) groups is 2. The van der Waals surface area contributed by atoms with Gasteiger partial charge in [0.05, 0.1) is 31.0 Å². The Bertz CT molecular complexity index is 1020. The van der Waals surface area contributed by atoms with Crippen LogP contribution in [0.4, 0.5) is 0 Å². The fourth-order valence-corrected chi connectivity index (χ4v) is 2.73. The maximum Gasteiger partial charge on any atom is 0.337 e. The summed E-state index contributed by atoms with van der Waals surface area (Å²) in [5.41, 5.74) is 2.13. The van der Waals surface area contributed by atoms with E-state index in [1.165, 1.54) is 13.3 Å². The van der Waals surface area contributed by atoms with Gasteiger partial charge in [0.1, 0.15) is 30.5 Å². The lowest BCUT2D eigenvalue weighted by atomic mass is 10.2. The van der Waals surface area contributed by atoms with E-state index in [-0.39, 0.29) is 13.2 Å². The van der Waals surface area contributed by atoms with Gasteiger partial charge in [0.15, 0.2) is 6.29 Å². The SMILES string of the molecule is COC(=O)c1ccnc(COc2cccc(OCc3ccc(OC)cc3)c2C=O)c1. The van der Waals surface area contributed by atoms with Gasteiger partial charge in [0.25, 0.3) is 0 Å². The van der Waals surface area contributed by atoms with E-state index in [4.69, 9.17) is 18.9 Å². The zero-order chi connectivity index (χ0) is 21.3. The fraction of sp³-hybridized carbons (Fsp3) is 0.174. The highest BCUT2D eigenvalue weighted by atomic mass is 16.5. The summed E-state index contributed by atoms with van der Waals surface area (Å²) in [6.45, 7) is 0.366. The molecule has 7 nitrogen and oxygen atoms in total. The minimum Gasteiger partial charge on any atom is -0.497 e. The van der Waals surface area contributed by atoms with Crippen LogP contribution in [0.15, 0.2) is 60.8 Å². The largest absolute Gasteiger partial charge is 0.497 e. The van der Waals surface area contributed by atoms with Gasteiger partial charge >= 0.3 is 5.97 Å². The second-order valence-corrected chi connectivity index (χ2v) is 6.24. The Morgan fingerprint density at radius 2 is 1.67 bits per heavy atom. The number of carbonyl (C=O) groups excluding carboxylic acids is 2. The first-order valence-corrected chi connectivity index (χ1v) is 9.14. The van der Waals surface area contributed by atoms with Crippen molar-refractivity contribution in [3.05, 3.63) is 83.2 Å². The third-order valence-electron chi connectivity index (χ3n) is 4.31. The van der Waals surface area contributed by atoms with Crippen LogP contribution in [0.1, 0.15) is 32.0 Å². The maximum absolute atomic E-state index is 11.7. The van der Waals surface area contributed by atoms with Gasteiger partial charge in [-0.05, 0) is 42.0 Å². The minimum atomic E-state index is -0.457. The fourth-order valence-electron chi connectivity index (χ4n) is 2.73. The number of ether oxygens (including phenoxy) is 4. The zero-order valence-corrected chi connectivity index (χ0v) is 16.7. The van der Waals surface area contributed by atoms with Crippen molar-refractivity contribution in [2.45, 2.75) is 13.2 Å².